The van der Waals surface area contributed by atoms with Crippen LogP contribution >= 0.6 is 27.5 Å². The molecule has 0 aliphatic carbocycles. The molecule has 0 spiro atoms. The van der Waals surface area contributed by atoms with E-state index in [4.69, 9.17) is 16.0 Å². The number of benzene rings is 2. The average molecular weight is 474 g/mol. The highest BCUT2D eigenvalue weighted by molar-refractivity contribution is 9.10. The first-order chi connectivity index (χ1) is 13.2. The second-order valence-corrected chi connectivity index (χ2v) is 7.19. The number of hydrogen-bond donors (Lipinski definition) is 1. The summed E-state index contributed by atoms with van der Waals surface area (Å²) in [5.74, 6) is 0.404. The molecule has 1 N–H and O–H groups in total. The fraction of sp³-hybridized carbons (Fsp3) is 0.158. The molecule has 0 fully saturated rings. The molecule has 3 aromatic rings. The lowest BCUT2D eigenvalue weighted by molar-refractivity contribution is -0.137. The number of nitrogens with one attached hydrogen (secondary N) is 1. The van der Waals surface area contributed by atoms with Crippen LogP contribution in [0.4, 0.5) is 18.9 Å². The van der Waals surface area contributed by atoms with Crippen molar-refractivity contribution in [1.82, 2.24) is 4.98 Å². The van der Waals surface area contributed by atoms with Crippen LogP contribution in [0.25, 0.3) is 11.3 Å². The number of halogens is 5. The highest BCUT2D eigenvalue weighted by Gasteiger charge is 2.31. The molecule has 0 aliphatic heterocycles. The lowest BCUT2D eigenvalue weighted by Gasteiger charge is -2.11. The second kappa shape index (κ2) is 8.36. The first kappa shape index (κ1) is 20.4. The van der Waals surface area contributed by atoms with E-state index in [1.54, 1.807) is 6.20 Å². The fourth-order valence-corrected chi connectivity index (χ4v) is 3.00. The van der Waals surface area contributed by atoms with E-state index in [1.165, 1.54) is 0 Å². The smallest absolute Gasteiger partial charge is 0.416 e. The molecule has 0 saturated carbocycles. The van der Waals surface area contributed by atoms with Gasteiger partial charge in [-0.25, -0.2) is 4.98 Å². The van der Waals surface area contributed by atoms with Crippen LogP contribution in [0.2, 0.25) is 5.02 Å². The SMILES string of the molecule is O=C(CCc1ncc(-c2cccc(Br)c2)o1)Nc1cc(C(F)(F)F)ccc1Cl. The predicted octanol–water partition coefficient (Wildman–Crippen LogP) is 6.35. The van der Waals surface area contributed by atoms with E-state index in [1.807, 2.05) is 24.3 Å². The molecular formula is C19H13BrClF3N2O2. The third kappa shape index (κ3) is 5.14. The van der Waals surface area contributed by atoms with Crippen LogP contribution < -0.4 is 5.32 Å². The van der Waals surface area contributed by atoms with Gasteiger partial charge in [-0.05, 0) is 30.3 Å². The molecular weight excluding hydrogens is 461 g/mol. The third-order valence-electron chi connectivity index (χ3n) is 3.80. The number of anilines is 1. The van der Waals surface area contributed by atoms with Gasteiger partial charge in [-0.3, -0.25) is 4.79 Å². The number of nitrogens with zero attached hydrogens (tertiary/aromatic N) is 1. The summed E-state index contributed by atoms with van der Waals surface area (Å²) in [6.45, 7) is 0. The quantitative estimate of drug-likeness (QED) is 0.470. The Balaban J connectivity index is 1.62. The number of carbonyl (C=O) groups excluding carboxylic acids is 1. The Hall–Kier alpha value is -2.32. The lowest BCUT2D eigenvalue weighted by Crippen LogP contribution is -2.14. The molecule has 1 amide bonds. The van der Waals surface area contributed by atoms with Gasteiger partial charge < -0.3 is 9.73 Å². The summed E-state index contributed by atoms with van der Waals surface area (Å²) in [5.41, 5.74) is -0.157. The average Bonchev–Trinajstić information content (AvgIpc) is 3.10. The van der Waals surface area contributed by atoms with Crippen molar-refractivity contribution in [2.45, 2.75) is 19.0 Å². The summed E-state index contributed by atoms with van der Waals surface area (Å²) in [5, 5.41) is 2.41. The molecule has 0 bridgehead atoms. The van der Waals surface area contributed by atoms with Crippen molar-refractivity contribution >= 4 is 39.1 Å². The maximum Gasteiger partial charge on any atom is 0.416 e. The molecule has 0 saturated heterocycles. The molecule has 0 atom stereocenters. The van der Waals surface area contributed by atoms with Crippen LogP contribution in [-0.2, 0) is 17.4 Å². The highest BCUT2D eigenvalue weighted by atomic mass is 79.9. The lowest BCUT2D eigenvalue weighted by atomic mass is 10.2. The molecule has 28 heavy (non-hydrogen) atoms. The van der Waals surface area contributed by atoms with Gasteiger partial charge in [-0.15, -0.1) is 0 Å². The number of rotatable bonds is 5. The Kier molecular flexibility index (Phi) is 6.10. The topological polar surface area (TPSA) is 55.1 Å². The molecule has 9 heteroatoms. The number of aryl methyl sites for hydroxylation is 1. The van der Waals surface area contributed by atoms with E-state index < -0.39 is 17.6 Å². The van der Waals surface area contributed by atoms with Crippen LogP contribution in [-0.4, -0.2) is 10.9 Å². The zero-order valence-electron chi connectivity index (χ0n) is 14.2. The Bertz CT molecular complexity index is 1000. The maximum absolute atomic E-state index is 12.8. The zero-order valence-corrected chi connectivity index (χ0v) is 16.5. The van der Waals surface area contributed by atoms with E-state index in [0.29, 0.717) is 11.7 Å². The molecule has 0 aliphatic rings. The molecule has 1 heterocycles. The summed E-state index contributed by atoms with van der Waals surface area (Å²) in [7, 11) is 0. The number of hydrogen-bond acceptors (Lipinski definition) is 3. The van der Waals surface area contributed by atoms with Crippen LogP contribution in [0.5, 0.6) is 0 Å². The monoisotopic (exact) mass is 472 g/mol. The van der Waals surface area contributed by atoms with Gasteiger partial charge in [0.25, 0.3) is 0 Å². The molecule has 0 radical (unpaired) electrons. The van der Waals surface area contributed by atoms with Gasteiger partial charge in [0.15, 0.2) is 11.7 Å². The van der Waals surface area contributed by atoms with Crippen molar-refractivity contribution in [1.29, 1.82) is 0 Å². The summed E-state index contributed by atoms with van der Waals surface area (Å²) < 4.78 is 44.9. The standard InChI is InChI=1S/C19H13BrClF3N2O2/c20-13-3-1-2-11(8-13)16-10-25-18(28-16)7-6-17(27)26-15-9-12(19(22,23)24)4-5-14(15)21/h1-5,8-10H,6-7H2,(H,26,27). The van der Waals surface area contributed by atoms with E-state index in [9.17, 15) is 18.0 Å². The van der Waals surface area contributed by atoms with E-state index in [-0.39, 0.29) is 23.6 Å². The maximum atomic E-state index is 12.8. The molecule has 1 aromatic heterocycles. The largest absolute Gasteiger partial charge is 0.441 e. The van der Waals surface area contributed by atoms with Gasteiger partial charge in [0, 0.05) is 22.9 Å². The normalized spacial score (nSPS) is 11.5. The Morgan fingerprint density at radius 1 is 1.21 bits per heavy atom. The van der Waals surface area contributed by atoms with E-state index in [2.05, 4.69) is 26.2 Å². The number of carbonyl (C=O) groups is 1. The minimum Gasteiger partial charge on any atom is -0.441 e. The summed E-state index contributed by atoms with van der Waals surface area (Å²) in [4.78, 5) is 16.2. The minimum atomic E-state index is -4.52. The van der Waals surface area contributed by atoms with Crippen molar-refractivity contribution in [3.63, 3.8) is 0 Å². The number of aromatic nitrogens is 1. The molecule has 4 nitrogen and oxygen atoms in total. The van der Waals surface area contributed by atoms with Gasteiger partial charge in [0.05, 0.1) is 22.5 Å². The summed E-state index contributed by atoms with van der Waals surface area (Å²) in [6.07, 6.45) is -2.80. The first-order valence-electron chi connectivity index (χ1n) is 8.09. The minimum absolute atomic E-state index is 0.0226. The Labute approximate surface area is 171 Å². The van der Waals surface area contributed by atoms with Crippen LogP contribution in [0.15, 0.2) is 57.6 Å². The number of alkyl halides is 3. The van der Waals surface area contributed by atoms with Gasteiger partial charge >= 0.3 is 6.18 Å². The number of oxazole rings is 1. The molecule has 146 valence electrons. The fourth-order valence-electron chi connectivity index (χ4n) is 2.43. The molecule has 2 aromatic carbocycles. The van der Waals surface area contributed by atoms with Gasteiger partial charge in [-0.2, -0.15) is 13.2 Å². The van der Waals surface area contributed by atoms with E-state index >= 15 is 0 Å². The van der Waals surface area contributed by atoms with Crippen molar-refractivity contribution in [3.8, 4) is 11.3 Å². The third-order valence-corrected chi connectivity index (χ3v) is 4.62. The van der Waals surface area contributed by atoms with Crippen molar-refractivity contribution in [2.75, 3.05) is 5.32 Å². The molecule has 3 rings (SSSR count). The van der Waals surface area contributed by atoms with Gasteiger partial charge in [-0.1, -0.05) is 39.7 Å². The van der Waals surface area contributed by atoms with Crippen LogP contribution in [0, 0.1) is 0 Å². The van der Waals surface area contributed by atoms with Gasteiger partial charge in [0.2, 0.25) is 5.91 Å². The first-order valence-corrected chi connectivity index (χ1v) is 9.27. The highest BCUT2D eigenvalue weighted by Crippen LogP contribution is 2.34. The Morgan fingerprint density at radius 3 is 2.71 bits per heavy atom. The predicted molar refractivity (Wildman–Crippen MR) is 103 cm³/mol. The van der Waals surface area contributed by atoms with Crippen molar-refractivity contribution in [3.05, 3.63) is 69.6 Å². The summed E-state index contributed by atoms with van der Waals surface area (Å²) >= 11 is 9.25. The Morgan fingerprint density at radius 2 is 2.00 bits per heavy atom. The van der Waals surface area contributed by atoms with Gasteiger partial charge in [0.1, 0.15) is 0 Å². The number of amides is 1. The van der Waals surface area contributed by atoms with Crippen LogP contribution in [0.3, 0.4) is 0 Å². The molecule has 0 unspecified atom stereocenters. The van der Waals surface area contributed by atoms with Crippen molar-refractivity contribution in [2.24, 2.45) is 0 Å². The van der Waals surface area contributed by atoms with Crippen LogP contribution in [0.1, 0.15) is 17.9 Å². The van der Waals surface area contributed by atoms with Crippen molar-refractivity contribution < 1.29 is 22.4 Å². The zero-order chi connectivity index (χ0) is 20.3. The summed E-state index contributed by atoms with van der Waals surface area (Å²) in [6, 6.07) is 10.2. The van der Waals surface area contributed by atoms with E-state index in [0.717, 1.165) is 28.2 Å². The second-order valence-electron chi connectivity index (χ2n) is 5.87.